The molecule has 0 saturated heterocycles. The monoisotopic (exact) mass is 597 g/mol. The van der Waals surface area contributed by atoms with Gasteiger partial charge in [-0.25, -0.2) is 4.98 Å². The largest absolute Gasteiger partial charge is 0.429 e. The summed E-state index contributed by atoms with van der Waals surface area (Å²) in [7, 11) is 0. The van der Waals surface area contributed by atoms with Crippen LogP contribution in [0, 0.1) is 0 Å². The second-order valence-electron chi connectivity index (χ2n) is 8.49. The summed E-state index contributed by atoms with van der Waals surface area (Å²) < 4.78 is 15.5. The molecule has 7 heterocycles. The average molecular weight is 598 g/mol. The predicted octanol–water partition coefficient (Wildman–Crippen LogP) is 8.16. The van der Waals surface area contributed by atoms with Gasteiger partial charge >= 0.3 is 0 Å². The van der Waals surface area contributed by atoms with Crippen molar-refractivity contribution in [3.05, 3.63) is 78.4 Å². The van der Waals surface area contributed by atoms with Crippen LogP contribution in [0.15, 0.2) is 78.4 Å². The first-order valence-corrected chi connectivity index (χ1v) is 15.2. The Kier molecular flexibility index (Phi) is 6.40. The fraction of sp³-hybridized carbons (Fsp3) is 0. The number of thiophene rings is 4. The Labute approximate surface area is 243 Å². The number of hydrogen-bond acceptors (Lipinski definition) is 11. The van der Waals surface area contributed by atoms with E-state index in [4.69, 9.17) is 14.5 Å². The van der Waals surface area contributed by atoms with Crippen LogP contribution in [-0.4, -0.2) is 27.9 Å². The molecule has 194 valence electrons. The van der Waals surface area contributed by atoms with Crippen LogP contribution < -0.4 is 9.47 Å². The molecule has 0 aliphatic carbocycles. The summed E-state index contributed by atoms with van der Waals surface area (Å²) in [6.07, 6.45) is 3.25. The van der Waals surface area contributed by atoms with E-state index in [1.165, 1.54) is 34.8 Å². The number of aromatic nitrogens is 3. The summed E-state index contributed by atoms with van der Waals surface area (Å²) in [5, 5.41) is 2.15. The van der Waals surface area contributed by atoms with Gasteiger partial charge in [-0.3, -0.25) is 19.6 Å². The Bertz CT molecular complexity index is 2040. The van der Waals surface area contributed by atoms with Crippen molar-refractivity contribution in [1.82, 2.24) is 15.0 Å². The number of pyridine rings is 3. The van der Waals surface area contributed by atoms with E-state index in [1.807, 2.05) is 34.8 Å². The van der Waals surface area contributed by atoms with Gasteiger partial charge in [0.15, 0.2) is 0 Å². The Morgan fingerprint density at radius 3 is 2.15 bits per heavy atom. The Morgan fingerprint density at radius 1 is 0.600 bits per heavy atom. The maximum Gasteiger partial charge on any atom is 0.298 e. The van der Waals surface area contributed by atoms with Gasteiger partial charge in [-0.05, 0) is 53.4 Å². The number of rotatable bonds is 8. The summed E-state index contributed by atoms with van der Waals surface area (Å²) >= 11 is 7.22. The Morgan fingerprint density at radius 2 is 1.32 bits per heavy atom. The highest BCUT2D eigenvalue weighted by atomic mass is 32.1. The highest BCUT2D eigenvalue weighted by Crippen LogP contribution is 2.47. The van der Waals surface area contributed by atoms with Crippen LogP contribution in [0.4, 0.5) is 0 Å². The smallest absolute Gasteiger partial charge is 0.298 e. The first-order chi connectivity index (χ1) is 19.7. The van der Waals surface area contributed by atoms with Gasteiger partial charge in [0, 0.05) is 54.6 Å². The predicted molar refractivity (Wildman–Crippen MR) is 161 cm³/mol. The minimum Gasteiger partial charge on any atom is -0.429 e. The van der Waals surface area contributed by atoms with Gasteiger partial charge in [0.2, 0.25) is 0 Å². The standard InChI is InChI=1S/C29H15N3O4S4/c33-14-35-17-4-7-31-20(10-17)22-12-18(36-15-34)11-21(32-22)19-9-16(3-6-30-19)23-1-2-24(38-23)26-13-27-29(40-26)28-25(39-27)5-8-37-28/h1-15H. The molecule has 0 aliphatic heterocycles. The molecule has 0 unspecified atom stereocenters. The molecule has 0 amide bonds. The third-order valence-electron chi connectivity index (χ3n) is 6.07. The molecular weight excluding hydrogens is 583 g/mol. The van der Waals surface area contributed by atoms with Crippen LogP contribution in [0.3, 0.4) is 0 Å². The molecule has 0 atom stereocenters. The third kappa shape index (κ3) is 4.58. The lowest BCUT2D eigenvalue weighted by Gasteiger charge is -2.09. The lowest BCUT2D eigenvalue weighted by molar-refractivity contribution is -0.121. The van der Waals surface area contributed by atoms with Crippen molar-refractivity contribution in [3.8, 4) is 54.5 Å². The SMILES string of the molecule is O=COc1ccnc(-c2cc(OC=O)cc(-c3cc(-c4ccc(-c5cc6sc7ccsc7c6s5)s4)ccn3)n2)c1. The quantitative estimate of drug-likeness (QED) is 0.163. The second kappa shape index (κ2) is 10.4. The van der Waals surface area contributed by atoms with Gasteiger partial charge in [-0.2, -0.15) is 0 Å². The Hall–Kier alpha value is -4.29. The summed E-state index contributed by atoms with van der Waals surface area (Å²) in [5.74, 6) is 0.616. The average Bonchev–Trinajstić information content (AvgIpc) is 3.76. The lowest BCUT2D eigenvalue weighted by Crippen LogP contribution is -1.97. The normalized spacial score (nSPS) is 11.2. The van der Waals surface area contributed by atoms with E-state index in [9.17, 15) is 9.59 Å². The van der Waals surface area contributed by atoms with E-state index in [1.54, 1.807) is 53.1 Å². The van der Waals surface area contributed by atoms with Crippen molar-refractivity contribution in [3.63, 3.8) is 0 Å². The van der Waals surface area contributed by atoms with Crippen molar-refractivity contribution in [1.29, 1.82) is 0 Å². The number of hydrogen-bond donors (Lipinski definition) is 0. The van der Waals surface area contributed by atoms with E-state index in [0.717, 1.165) is 10.4 Å². The van der Waals surface area contributed by atoms with Gasteiger partial charge < -0.3 is 9.47 Å². The van der Waals surface area contributed by atoms with Crippen LogP contribution in [0.2, 0.25) is 0 Å². The summed E-state index contributed by atoms with van der Waals surface area (Å²) in [5.41, 5.74) is 3.02. The Balaban J connectivity index is 1.24. The molecule has 0 saturated carbocycles. The van der Waals surface area contributed by atoms with Gasteiger partial charge in [-0.1, -0.05) is 0 Å². The molecule has 0 aliphatic rings. The van der Waals surface area contributed by atoms with Gasteiger partial charge in [0.1, 0.15) is 11.5 Å². The van der Waals surface area contributed by atoms with E-state index >= 15 is 0 Å². The zero-order valence-corrected chi connectivity index (χ0v) is 23.5. The fourth-order valence-corrected chi connectivity index (χ4v) is 9.16. The summed E-state index contributed by atoms with van der Waals surface area (Å²) in [6, 6.07) is 19.1. The zero-order valence-electron chi connectivity index (χ0n) is 20.3. The van der Waals surface area contributed by atoms with E-state index in [-0.39, 0.29) is 0 Å². The number of carbonyl (C=O) groups is 2. The van der Waals surface area contributed by atoms with Crippen LogP contribution in [0.1, 0.15) is 0 Å². The molecule has 0 bridgehead atoms. The topological polar surface area (TPSA) is 91.3 Å². The molecule has 7 rings (SSSR count). The fourth-order valence-electron chi connectivity index (χ4n) is 4.31. The van der Waals surface area contributed by atoms with Crippen molar-refractivity contribution in [2.75, 3.05) is 0 Å². The van der Waals surface area contributed by atoms with Crippen molar-refractivity contribution >= 4 is 77.1 Å². The molecule has 7 nitrogen and oxygen atoms in total. The van der Waals surface area contributed by atoms with E-state index < -0.39 is 0 Å². The molecule has 7 aromatic heterocycles. The molecule has 7 aromatic rings. The number of ether oxygens (including phenoxy) is 2. The highest BCUT2D eigenvalue weighted by Gasteiger charge is 2.15. The van der Waals surface area contributed by atoms with E-state index in [2.05, 4.69) is 39.6 Å². The lowest BCUT2D eigenvalue weighted by atomic mass is 10.1. The summed E-state index contributed by atoms with van der Waals surface area (Å²) in [4.78, 5) is 39.1. The first kappa shape index (κ1) is 24.7. The molecule has 0 aromatic carbocycles. The van der Waals surface area contributed by atoms with Crippen LogP contribution in [-0.2, 0) is 9.59 Å². The first-order valence-electron chi connectivity index (χ1n) is 11.8. The van der Waals surface area contributed by atoms with Crippen molar-refractivity contribution in [2.24, 2.45) is 0 Å². The molecule has 0 fully saturated rings. The van der Waals surface area contributed by atoms with Crippen molar-refractivity contribution in [2.45, 2.75) is 0 Å². The van der Waals surface area contributed by atoms with Crippen LogP contribution >= 0.6 is 45.3 Å². The molecule has 0 spiro atoms. The highest BCUT2D eigenvalue weighted by molar-refractivity contribution is 7.39. The minimum absolute atomic E-state index is 0.293. The number of carbonyl (C=O) groups excluding carboxylic acids is 2. The zero-order chi connectivity index (χ0) is 27.1. The van der Waals surface area contributed by atoms with Gasteiger partial charge in [-0.15, -0.1) is 45.3 Å². The second-order valence-corrected chi connectivity index (χ2v) is 12.6. The van der Waals surface area contributed by atoms with Crippen LogP contribution in [0.25, 0.3) is 61.8 Å². The maximum absolute atomic E-state index is 11.1. The molecule has 40 heavy (non-hydrogen) atoms. The minimum atomic E-state index is 0.293. The molecule has 11 heteroatoms. The number of fused-ring (bicyclic) bond motifs is 3. The van der Waals surface area contributed by atoms with Crippen LogP contribution in [0.5, 0.6) is 11.5 Å². The summed E-state index contributed by atoms with van der Waals surface area (Å²) in [6.45, 7) is 0.705. The number of nitrogens with zero attached hydrogens (tertiary/aromatic N) is 3. The molecule has 0 N–H and O–H groups in total. The van der Waals surface area contributed by atoms with Crippen molar-refractivity contribution < 1.29 is 19.1 Å². The molecular formula is C29H15N3O4S4. The maximum atomic E-state index is 11.1. The third-order valence-corrected chi connectivity index (χ3v) is 11.0. The van der Waals surface area contributed by atoms with E-state index in [0.29, 0.717) is 47.2 Å². The van der Waals surface area contributed by atoms with Gasteiger partial charge in [0.25, 0.3) is 12.9 Å². The molecule has 0 radical (unpaired) electrons. The van der Waals surface area contributed by atoms with Gasteiger partial charge in [0.05, 0.1) is 32.2 Å².